The van der Waals surface area contributed by atoms with E-state index in [0.29, 0.717) is 18.6 Å². The van der Waals surface area contributed by atoms with Crippen molar-refractivity contribution in [3.8, 4) is 5.75 Å². The zero-order chi connectivity index (χ0) is 13.9. The minimum absolute atomic E-state index is 0.211. The average molecular weight is 276 g/mol. The van der Waals surface area contributed by atoms with E-state index >= 15 is 0 Å². The van der Waals surface area contributed by atoms with E-state index in [9.17, 15) is 0 Å². The molecule has 2 aliphatic heterocycles. The van der Waals surface area contributed by atoms with Crippen molar-refractivity contribution in [3.05, 3.63) is 29.8 Å². The molecule has 2 N–H and O–H groups in total. The van der Waals surface area contributed by atoms with Crippen LogP contribution in [0.25, 0.3) is 0 Å². The molecule has 0 amide bonds. The first-order chi connectivity index (χ1) is 9.76. The van der Waals surface area contributed by atoms with Gasteiger partial charge in [-0.3, -0.25) is 4.90 Å². The van der Waals surface area contributed by atoms with Gasteiger partial charge in [-0.2, -0.15) is 0 Å². The van der Waals surface area contributed by atoms with Gasteiger partial charge in [0.15, 0.2) is 0 Å². The maximum Gasteiger partial charge on any atom is 0.124 e. The molecule has 1 aromatic rings. The van der Waals surface area contributed by atoms with E-state index in [1.54, 1.807) is 0 Å². The fraction of sp³-hybridized carbons (Fsp3) is 0.625. The molecule has 4 nitrogen and oxygen atoms in total. The number of hydrogen-bond acceptors (Lipinski definition) is 4. The number of hydrogen-bond donors (Lipinski definition) is 1. The summed E-state index contributed by atoms with van der Waals surface area (Å²) in [6.45, 7) is 3.38. The molecule has 2 heterocycles. The third-order valence-electron chi connectivity index (χ3n) is 4.40. The van der Waals surface area contributed by atoms with Crippen molar-refractivity contribution < 1.29 is 9.47 Å². The number of likely N-dealkylation sites (tertiary alicyclic amines) is 1. The van der Waals surface area contributed by atoms with Crippen molar-refractivity contribution in [2.24, 2.45) is 11.7 Å². The molecule has 0 aliphatic carbocycles. The summed E-state index contributed by atoms with van der Waals surface area (Å²) in [7, 11) is 2.18. The molecule has 110 valence electrons. The third kappa shape index (κ3) is 2.97. The molecular formula is C16H24N2O2. The molecule has 2 fully saturated rings. The molecule has 2 aliphatic rings. The molecule has 0 radical (unpaired) electrons. The second kappa shape index (κ2) is 6.12. The summed E-state index contributed by atoms with van der Waals surface area (Å²) in [4.78, 5) is 2.40. The molecule has 3 atom stereocenters. The van der Waals surface area contributed by atoms with Crippen molar-refractivity contribution in [2.45, 2.75) is 25.0 Å². The zero-order valence-electron chi connectivity index (χ0n) is 12.1. The number of ether oxygens (including phenoxy) is 2. The molecule has 0 bridgehead atoms. The molecule has 2 saturated heterocycles. The fourth-order valence-corrected chi connectivity index (χ4v) is 3.26. The molecule has 0 saturated carbocycles. The molecule has 20 heavy (non-hydrogen) atoms. The van der Waals surface area contributed by atoms with Gasteiger partial charge in [-0.1, -0.05) is 12.1 Å². The number of benzene rings is 1. The van der Waals surface area contributed by atoms with E-state index in [0.717, 1.165) is 38.3 Å². The Bertz CT molecular complexity index is 446. The van der Waals surface area contributed by atoms with Gasteiger partial charge in [0.1, 0.15) is 11.9 Å². The van der Waals surface area contributed by atoms with Crippen molar-refractivity contribution in [2.75, 3.05) is 33.4 Å². The lowest BCUT2D eigenvalue weighted by Gasteiger charge is -2.21. The Labute approximate surface area is 120 Å². The maximum atomic E-state index is 6.00. The van der Waals surface area contributed by atoms with E-state index in [2.05, 4.69) is 30.1 Å². The van der Waals surface area contributed by atoms with Crippen LogP contribution in [0.15, 0.2) is 24.3 Å². The van der Waals surface area contributed by atoms with Crippen LogP contribution in [0, 0.1) is 5.92 Å². The molecule has 0 aromatic heterocycles. The summed E-state index contributed by atoms with van der Waals surface area (Å²) in [6, 6.07) is 8.96. The zero-order valence-corrected chi connectivity index (χ0v) is 12.1. The van der Waals surface area contributed by atoms with Gasteiger partial charge in [-0.25, -0.2) is 0 Å². The predicted octanol–water partition coefficient (Wildman–Crippen LogP) is 1.81. The van der Waals surface area contributed by atoms with Crippen LogP contribution in [0.2, 0.25) is 0 Å². The summed E-state index contributed by atoms with van der Waals surface area (Å²) in [5.41, 5.74) is 7.14. The summed E-state index contributed by atoms with van der Waals surface area (Å²) in [6.07, 6.45) is 2.34. The average Bonchev–Trinajstić information content (AvgIpc) is 3.08. The Morgan fingerprint density at radius 1 is 1.45 bits per heavy atom. The van der Waals surface area contributed by atoms with Gasteiger partial charge in [0.05, 0.1) is 13.2 Å². The third-order valence-corrected chi connectivity index (χ3v) is 4.40. The first kappa shape index (κ1) is 13.9. The van der Waals surface area contributed by atoms with E-state index in [1.165, 1.54) is 5.56 Å². The first-order valence-electron chi connectivity index (χ1n) is 7.51. The Kier molecular flexibility index (Phi) is 4.24. The summed E-state index contributed by atoms with van der Waals surface area (Å²) in [5.74, 6) is 1.57. The van der Waals surface area contributed by atoms with Gasteiger partial charge >= 0.3 is 0 Å². The normalized spacial score (nSPS) is 30.8. The van der Waals surface area contributed by atoms with Gasteiger partial charge in [0, 0.05) is 19.0 Å². The lowest BCUT2D eigenvalue weighted by atomic mass is 10.00. The topological polar surface area (TPSA) is 47.7 Å². The molecule has 4 heteroatoms. The standard InChI is InChI=1S/C16H24N2O2/c1-18-10-12(9-17)7-16(18)13-3-2-4-14(8-13)20-15-5-6-19-11-15/h2-4,8,12,15-16H,5-7,9-11,17H2,1H3. The molecular weight excluding hydrogens is 252 g/mol. The van der Waals surface area contributed by atoms with E-state index in [4.69, 9.17) is 15.2 Å². The Hall–Kier alpha value is -1.10. The highest BCUT2D eigenvalue weighted by atomic mass is 16.5. The number of nitrogens with two attached hydrogens (primary N) is 1. The van der Waals surface area contributed by atoms with Crippen LogP contribution in [-0.4, -0.2) is 44.4 Å². The predicted molar refractivity (Wildman–Crippen MR) is 78.8 cm³/mol. The highest BCUT2D eigenvalue weighted by Crippen LogP contribution is 2.35. The smallest absolute Gasteiger partial charge is 0.124 e. The van der Waals surface area contributed by atoms with Gasteiger partial charge < -0.3 is 15.2 Å². The monoisotopic (exact) mass is 276 g/mol. The second-order valence-corrected chi connectivity index (χ2v) is 5.97. The second-order valence-electron chi connectivity index (χ2n) is 5.97. The first-order valence-corrected chi connectivity index (χ1v) is 7.51. The lowest BCUT2D eigenvalue weighted by molar-refractivity contribution is 0.141. The van der Waals surface area contributed by atoms with Crippen molar-refractivity contribution >= 4 is 0 Å². The van der Waals surface area contributed by atoms with Crippen LogP contribution in [0.3, 0.4) is 0 Å². The summed E-state index contributed by atoms with van der Waals surface area (Å²) >= 11 is 0. The molecule has 3 unspecified atom stereocenters. The van der Waals surface area contributed by atoms with Gasteiger partial charge in [0.25, 0.3) is 0 Å². The molecule has 1 aromatic carbocycles. The SMILES string of the molecule is CN1CC(CN)CC1c1cccc(OC2CCOC2)c1. The van der Waals surface area contributed by atoms with Crippen molar-refractivity contribution in [3.63, 3.8) is 0 Å². The van der Waals surface area contributed by atoms with Gasteiger partial charge in [-0.15, -0.1) is 0 Å². The lowest BCUT2D eigenvalue weighted by Crippen LogP contribution is -2.20. The number of nitrogens with zero attached hydrogens (tertiary/aromatic N) is 1. The van der Waals surface area contributed by atoms with Gasteiger partial charge in [-0.05, 0) is 43.6 Å². The van der Waals surface area contributed by atoms with Crippen molar-refractivity contribution in [1.29, 1.82) is 0 Å². The van der Waals surface area contributed by atoms with E-state index < -0.39 is 0 Å². The molecule has 0 spiro atoms. The summed E-state index contributed by atoms with van der Waals surface area (Å²) < 4.78 is 11.4. The van der Waals surface area contributed by atoms with Crippen LogP contribution >= 0.6 is 0 Å². The fourth-order valence-electron chi connectivity index (χ4n) is 3.26. The van der Waals surface area contributed by atoms with Crippen molar-refractivity contribution in [1.82, 2.24) is 4.90 Å². The van der Waals surface area contributed by atoms with Crippen LogP contribution in [-0.2, 0) is 4.74 Å². The number of rotatable bonds is 4. The Morgan fingerprint density at radius 2 is 2.35 bits per heavy atom. The summed E-state index contributed by atoms with van der Waals surface area (Å²) in [5, 5.41) is 0. The van der Waals surface area contributed by atoms with E-state index in [1.807, 2.05) is 6.07 Å². The largest absolute Gasteiger partial charge is 0.488 e. The minimum atomic E-state index is 0.211. The Morgan fingerprint density at radius 3 is 3.05 bits per heavy atom. The van der Waals surface area contributed by atoms with Gasteiger partial charge in [0.2, 0.25) is 0 Å². The highest BCUT2D eigenvalue weighted by molar-refractivity contribution is 5.31. The van der Waals surface area contributed by atoms with Crippen LogP contribution in [0.4, 0.5) is 0 Å². The van der Waals surface area contributed by atoms with E-state index in [-0.39, 0.29) is 6.10 Å². The highest BCUT2D eigenvalue weighted by Gasteiger charge is 2.29. The minimum Gasteiger partial charge on any atom is -0.488 e. The maximum absolute atomic E-state index is 6.00. The quantitative estimate of drug-likeness (QED) is 0.911. The van der Waals surface area contributed by atoms with Crippen LogP contribution in [0.5, 0.6) is 5.75 Å². The van der Waals surface area contributed by atoms with Crippen LogP contribution < -0.4 is 10.5 Å². The molecule has 3 rings (SSSR count). The van der Waals surface area contributed by atoms with Crippen LogP contribution in [0.1, 0.15) is 24.4 Å². The Balaban J connectivity index is 1.70.